The van der Waals surface area contributed by atoms with Crippen molar-refractivity contribution in [3.63, 3.8) is 0 Å². The third kappa shape index (κ3) is 7.47. The number of hydrogen-bond donors (Lipinski definition) is 4. The van der Waals surface area contributed by atoms with Crippen molar-refractivity contribution in [2.75, 3.05) is 25.5 Å². The summed E-state index contributed by atoms with van der Waals surface area (Å²) >= 11 is 0. The number of ketones is 1. The Balaban J connectivity index is 1.55. The summed E-state index contributed by atoms with van der Waals surface area (Å²) < 4.78 is 5.20. The van der Waals surface area contributed by atoms with E-state index in [9.17, 15) is 14.4 Å². The summed E-state index contributed by atoms with van der Waals surface area (Å²) in [7, 11) is 1.37. The van der Waals surface area contributed by atoms with E-state index in [-0.39, 0.29) is 41.8 Å². The Hall–Kier alpha value is -5.32. The number of hydrogen-bond acceptors (Lipinski definition) is 8. The van der Waals surface area contributed by atoms with E-state index >= 15 is 0 Å². The SMILES string of the molecule is CC[C@H]1c2cc3[nH]c(c(CC(=O)OC)c4nc(cc5[nH]c(cc(n2)[C@@H]1C)c(C(C)=O)c5C)[C@@H](C)[C@@H]4C)c(C(=O)NCCCCNc1ccccn1)c3C. The summed E-state index contributed by atoms with van der Waals surface area (Å²) in [4.78, 5) is 62.1. The van der Waals surface area contributed by atoms with Crippen LogP contribution in [-0.2, 0) is 16.0 Å². The number of aromatic amines is 2. The van der Waals surface area contributed by atoms with Gasteiger partial charge in [-0.15, -0.1) is 0 Å². The molecule has 4 atom stereocenters. The van der Waals surface area contributed by atoms with Crippen molar-refractivity contribution in [3.05, 3.63) is 93.2 Å². The van der Waals surface area contributed by atoms with Gasteiger partial charge in [-0.3, -0.25) is 24.4 Å². The number of carbonyl (C=O) groups excluding carboxylic acids is 3. The monoisotopic (exact) mass is 717 g/mol. The molecule has 11 heteroatoms. The van der Waals surface area contributed by atoms with Gasteiger partial charge >= 0.3 is 5.97 Å². The number of ether oxygens (including phenoxy) is 1. The maximum absolute atomic E-state index is 14.2. The zero-order valence-corrected chi connectivity index (χ0v) is 32.1. The normalized spacial score (nSPS) is 18.1. The van der Waals surface area contributed by atoms with E-state index in [1.165, 1.54) is 7.11 Å². The number of carbonyl (C=O) groups is 3. The van der Waals surface area contributed by atoms with E-state index in [0.717, 1.165) is 82.1 Å². The van der Waals surface area contributed by atoms with Gasteiger partial charge in [0.1, 0.15) is 5.82 Å². The Morgan fingerprint density at radius 2 is 1.51 bits per heavy atom. The molecule has 2 aliphatic rings. The van der Waals surface area contributed by atoms with Crippen LogP contribution in [0, 0.1) is 13.8 Å². The largest absolute Gasteiger partial charge is 0.469 e. The van der Waals surface area contributed by atoms with Gasteiger partial charge in [-0.25, -0.2) is 4.98 Å². The maximum atomic E-state index is 14.2. The fourth-order valence-electron chi connectivity index (χ4n) is 7.81. The van der Waals surface area contributed by atoms with Crippen LogP contribution in [-0.4, -0.2) is 62.8 Å². The third-order valence-electron chi connectivity index (χ3n) is 11.1. The number of anilines is 1. The number of pyridine rings is 1. The van der Waals surface area contributed by atoms with Crippen LogP contribution in [0.5, 0.6) is 0 Å². The fourth-order valence-corrected chi connectivity index (χ4v) is 7.81. The molecule has 1 amide bonds. The Labute approximate surface area is 310 Å². The van der Waals surface area contributed by atoms with Crippen LogP contribution in [0.15, 0.2) is 42.6 Å². The average molecular weight is 718 g/mol. The molecule has 8 bridgehead atoms. The Morgan fingerprint density at radius 3 is 2.21 bits per heavy atom. The lowest BCUT2D eigenvalue weighted by Gasteiger charge is -2.13. The lowest BCUT2D eigenvalue weighted by atomic mass is 9.89. The molecule has 53 heavy (non-hydrogen) atoms. The van der Waals surface area contributed by atoms with Gasteiger partial charge in [-0.1, -0.05) is 33.8 Å². The number of Topliss-reactive ketones (excluding diaryl/α,β-unsaturated/α-hetero) is 1. The van der Waals surface area contributed by atoms with Crippen molar-refractivity contribution in [2.24, 2.45) is 0 Å². The van der Waals surface area contributed by atoms with E-state index in [1.807, 2.05) is 50.2 Å². The van der Waals surface area contributed by atoms with Gasteiger partial charge < -0.3 is 25.3 Å². The average Bonchev–Trinajstić information content (AvgIpc) is 3.82. The van der Waals surface area contributed by atoms with E-state index in [4.69, 9.17) is 14.7 Å². The lowest BCUT2D eigenvalue weighted by Crippen LogP contribution is -2.25. The van der Waals surface area contributed by atoms with E-state index < -0.39 is 5.97 Å². The Morgan fingerprint density at radius 1 is 0.830 bits per heavy atom. The number of esters is 1. The topological polar surface area (TPSA) is 155 Å². The highest BCUT2D eigenvalue weighted by atomic mass is 16.5. The van der Waals surface area contributed by atoms with Crippen molar-refractivity contribution in [2.45, 2.75) is 97.8 Å². The molecule has 0 spiro atoms. The number of H-pyrrole nitrogens is 2. The van der Waals surface area contributed by atoms with E-state index in [1.54, 1.807) is 13.1 Å². The highest BCUT2D eigenvalue weighted by Gasteiger charge is 2.32. The summed E-state index contributed by atoms with van der Waals surface area (Å²) in [6.07, 6.45) is 4.15. The summed E-state index contributed by atoms with van der Waals surface area (Å²) in [6.45, 7) is 15.2. The molecule has 2 aliphatic heterocycles. The first-order valence-electron chi connectivity index (χ1n) is 18.7. The fraction of sp³-hybridized carbons (Fsp3) is 0.429. The van der Waals surface area contributed by atoms with Gasteiger partial charge in [-0.05, 0) is 81.5 Å². The molecule has 0 radical (unpaired) electrons. The second-order valence-electron chi connectivity index (χ2n) is 14.5. The molecule has 6 heterocycles. The molecule has 4 aromatic rings. The van der Waals surface area contributed by atoms with Gasteiger partial charge in [0.25, 0.3) is 5.91 Å². The van der Waals surface area contributed by atoms with Crippen LogP contribution in [0.1, 0.15) is 138 Å². The first-order chi connectivity index (χ1) is 25.4. The zero-order valence-electron chi connectivity index (χ0n) is 32.1. The molecule has 0 saturated carbocycles. The van der Waals surface area contributed by atoms with Crippen molar-refractivity contribution < 1.29 is 19.1 Å². The van der Waals surface area contributed by atoms with Crippen LogP contribution in [0.25, 0.3) is 22.1 Å². The minimum absolute atomic E-state index is 0.00965. The predicted molar refractivity (Wildman–Crippen MR) is 209 cm³/mol. The lowest BCUT2D eigenvalue weighted by molar-refractivity contribution is -0.139. The molecule has 278 valence electrons. The van der Waals surface area contributed by atoms with Gasteiger partial charge in [0.2, 0.25) is 0 Å². The summed E-state index contributed by atoms with van der Waals surface area (Å²) in [5.74, 6) is 0.288. The van der Waals surface area contributed by atoms with Crippen LogP contribution < -0.4 is 10.6 Å². The first-order valence-corrected chi connectivity index (χ1v) is 18.7. The number of nitrogens with one attached hydrogen (secondary N) is 4. The van der Waals surface area contributed by atoms with Crippen LogP contribution in [0.2, 0.25) is 0 Å². The number of amides is 1. The number of methoxy groups -OCH3 is 1. The highest BCUT2D eigenvalue weighted by molar-refractivity contribution is 6.06. The number of fused-ring (bicyclic) bond motifs is 8. The smallest absolute Gasteiger partial charge is 0.310 e. The first kappa shape index (κ1) is 37.4. The maximum Gasteiger partial charge on any atom is 0.310 e. The number of rotatable bonds is 11. The van der Waals surface area contributed by atoms with Crippen LogP contribution >= 0.6 is 0 Å². The quantitative estimate of drug-likeness (QED) is 0.0690. The van der Waals surface area contributed by atoms with Crippen molar-refractivity contribution in [1.29, 1.82) is 0 Å². The summed E-state index contributed by atoms with van der Waals surface area (Å²) in [5.41, 5.74) is 9.56. The minimum atomic E-state index is -0.426. The number of aromatic nitrogens is 5. The highest BCUT2D eigenvalue weighted by Crippen LogP contribution is 2.41. The minimum Gasteiger partial charge on any atom is -0.469 e. The number of aryl methyl sites for hydroxylation is 2. The zero-order chi connectivity index (χ0) is 38.0. The molecule has 6 rings (SSSR count). The third-order valence-corrected chi connectivity index (χ3v) is 11.1. The molecule has 11 nitrogen and oxygen atoms in total. The molecule has 4 N–H and O–H groups in total. The van der Waals surface area contributed by atoms with Crippen molar-refractivity contribution >= 4 is 45.5 Å². The number of unbranched alkanes of at least 4 members (excludes halogenated alkanes) is 1. The van der Waals surface area contributed by atoms with E-state index in [2.05, 4.69) is 53.3 Å². The van der Waals surface area contributed by atoms with Crippen molar-refractivity contribution in [3.8, 4) is 0 Å². The second kappa shape index (κ2) is 15.7. The molecule has 0 aliphatic carbocycles. The van der Waals surface area contributed by atoms with Crippen LogP contribution in [0.4, 0.5) is 5.82 Å². The number of nitrogens with zero attached hydrogens (tertiary/aromatic N) is 3. The Bertz CT molecular complexity index is 2200. The standard InChI is InChI=1S/C42H51N7O4/c1-9-28-24(4)31-21-35-38(27(7)50)25(5)32(47-35)19-30-22(2)23(3)40(48-30)29(18-37(51)53-8)41-39(26(6)33(49-41)20-34(28)46-31)42(52)45-17-13-12-16-44-36-14-10-11-15-43-36/h10-11,14-15,19-24,28,47,49H,9,12-13,16-18H2,1-8H3,(H,43,44)(H,45,52)/t22-,23-,24+,28+/m0/s1. The summed E-state index contributed by atoms with van der Waals surface area (Å²) in [5, 5.41) is 6.47. The van der Waals surface area contributed by atoms with Crippen LogP contribution in [0.3, 0.4) is 0 Å². The molecule has 0 saturated heterocycles. The van der Waals surface area contributed by atoms with Gasteiger partial charge in [-0.2, -0.15) is 0 Å². The molecule has 0 unspecified atom stereocenters. The van der Waals surface area contributed by atoms with Gasteiger partial charge in [0.15, 0.2) is 5.78 Å². The Kier molecular flexibility index (Phi) is 11.1. The van der Waals surface area contributed by atoms with Crippen molar-refractivity contribution in [1.82, 2.24) is 30.2 Å². The molecular weight excluding hydrogens is 667 g/mol. The molecule has 0 fully saturated rings. The molecule has 4 aromatic heterocycles. The second-order valence-corrected chi connectivity index (χ2v) is 14.5. The summed E-state index contributed by atoms with van der Waals surface area (Å²) in [6, 6.07) is 11.8. The predicted octanol–water partition coefficient (Wildman–Crippen LogP) is 8.07. The molecule has 0 aromatic carbocycles. The van der Waals surface area contributed by atoms with Gasteiger partial charge in [0.05, 0.1) is 35.8 Å². The van der Waals surface area contributed by atoms with Gasteiger partial charge in [0, 0.05) is 82.2 Å². The van der Waals surface area contributed by atoms with E-state index in [0.29, 0.717) is 28.8 Å². The molecular formula is C42H51N7O4.